The van der Waals surface area contributed by atoms with Crippen molar-refractivity contribution in [3.8, 4) is 17.2 Å². The first-order valence-electron chi connectivity index (χ1n) is 9.22. The number of furan rings is 1. The van der Waals surface area contributed by atoms with Crippen molar-refractivity contribution in [3.05, 3.63) is 71.6 Å². The Morgan fingerprint density at radius 3 is 2.61 bits per heavy atom. The van der Waals surface area contributed by atoms with Crippen molar-refractivity contribution in [2.45, 2.75) is 25.3 Å². The first-order chi connectivity index (χ1) is 13.6. The Bertz CT molecular complexity index is 1120. The number of likely N-dealkylation sites (N-methyl/N-ethyl adjacent to an activating group) is 1. The van der Waals surface area contributed by atoms with E-state index in [-0.39, 0.29) is 0 Å². The van der Waals surface area contributed by atoms with Gasteiger partial charge in [-0.3, -0.25) is 0 Å². The zero-order chi connectivity index (χ0) is 19.8. The lowest BCUT2D eigenvalue weighted by atomic mass is 9.86. The normalized spacial score (nSPS) is 19.2. The molecule has 0 saturated heterocycles. The van der Waals surface area contributed by atoms with Gasteiger partial charge in [-0.05, 0) is 23.6 Å². The fourth-order valence-corrected chi connectivity index (χ4v) is 4.24. The van der Waals surface area contributed by atoms with Gasteiger partial charge in [-0.25, -0.2) is 4.79 Å². The van der Waals surface area contributed by atoms with Gasteiger partial charge in [0.1, 0.15) is 11.6 Å². The summed E-state index contributed by atoms with van der Waals surface area (Å²) in [6.45, 7) is 1.94. The third kappa shape index (κ3) is 2.66. The van der Waals surface area contributed by atoms with E-state index in [0.717, 1.165) is 33.4 Å². The van der Waals surface area contributed by atoms with Crippen molar-refractivity contribution in [1.82, 2.24) is 4.90 Å². The number of nitrogens with zero attached hydrogens (tertiary/aromatic N) is 2. The molecule has 0 radical (unpaired) electrons. The van der Waals surface area contributed by atoms with Gasteiger partial charge in [0.05, 0.1) is 23.8 Å². The van der Waals surface area contributed by atoms with Crippen molar-refractivity contribution in [2.24, 2.45) is 0 Å². The number of carboxylic acid groups (broad SMARTS) is 1. The number of hydrogen-bond donors (Lipinski definition) is 1. The molecule has 0 fully saturated rings. The number of rotatable bonds is 4. The van der Waals surface area contributed by atoms with Crippen molar-refractivity contribution < 1.29 is 14.3 Å². The minimum absolute atomic E-state index is 0.476. The predicted molar refractivity (Wildman–Crippen MR) is 107 cm³/mol. The summed E-state index contributed by atoms with van der Waals surface area (Å²) in [5.74, 6) is -1.40. The maximum atomic E-state index is 11.9. The number of nitriles is 1. The van der Waals surface area contributed by atoms with Gasteiger partial charge >= 0.3 is 5.97 Å². The average molecular weight is 372 g/mol. The number of carbonyl (C=O) groups is 1. The molecular formula is C23H20N2O3. The number of hydrogen-bond acceptors (Lipinski definition) is 4. The van der Waals surface area contributed by atoms with Crippen LogP contribution in [0.4, 0.5) is 0 Å². The minimum Gasteiger partial charge on any atom is -0.480 e. The highest BCUT2D eigenvalue weighted by molar-refractivity contribution is 5.92. The number of fused-ring (bicyclic) bond motifs is 1. The zero-order valence-electron chi connectivity index (χ0n) is 15.7. The molecule has 2 aromatic carbocycles. The van der Waals surface area contributed by atoms with Gasteiger partial charge in [0.15, 0.2) is 0 Å². The molecule has 2 atom stereocenters. The Balaban J connectivity index is 1.77. The third-order valence-corrected chi connectivity index (χ3v) is 5.55. The quantitative estimate of drug-likeness (QED) is 0.714. The molecule has 28 heavy (non-hydrogen) atoms. The standard InChI is InChI=1S/C23H20N2O3/c1-3-19-18(13-24)20(21(23(26)27)25(19)2)15-9-7-14(8-10-15)17-6-4-5-16-11-12-28-22(16)17/h4-12,20-21H,3H2,1-2H3,(H,26,27). The first kappa shape index (κ1) is 17.9. The summed E-state index contributed by atoms with van der Waals surface area (Å²) in [7, 11) is 1.75. The van der Waals surface area contributed by atoms with E-state index in [0.29, 0.717) is 12.0 Å². The van der Waals surface area contributed by atoms with Gasteiger partial charge in [0.2, 0.25) is 0 Å². The second-order valence-electron chi connectivity index (χ2n) is 6.96. The molecule has 2 unspecified atom stereocenters. The van der Waals surface area contributed by atoms with Crippen LogP contribution in [-0.2, 0) is 4.79 Å². The molecule has 1 aliphatic rings. The molecule has 1 aromatic heterocycles. The molecule has 0 bridgehead atoms. The molecule has 0 spiro atoms. The Kier molecular flexibility index (Phi) is 4.40. The lowest BCUT2D eigenvalue weighted by Gasteiger charge is -2.25. The molecule has 1 aliphatic heterocycles. The van der Waals surface area contributed by atoms with E-state index in [2.05, 4.69) is 6.07 Å². The molecule has 140 valence electrons. The largest absolute Gasteiger partial charge is 0.480 e. The molecule has 0 aliphatic carbocycles. The molecule has 5 heteroatoms. The number of benzene rings is 2. The van der Waals surface area contributed by atoms with Crippen molar-refractivity contribution in [1.29, 1.82) is 5.26 Å². The van der Waals surface area contributed by atoms with Crippen molar-refractivity contribution in [2.75, 3.05) is 7.05 Å². The maximum Gasteiger partial charge on any atom is 0.327 e. The number of para-hydroxylation sites is 1. The Labute approximate surface area is 163 Å². The molecule has 5 nitrogen and oxygen atoms in total. The fraction of sp³-hybridized carbons (Fsp3) is 0.217. The molecule has 0 saturated carbocycles. The molecule has 2 heterocycles. The molecule has 1 N–H and O–H groups in total. The first-order valence-corrected chi connectivity index (χ1v) is 9.22. The zero-order valence-corrected chi connectivity index (χ0v) is 15.7. The van der Waals surface area contributed by atoms with Crippen molar-refractivity contribution >= 4 is 16.9 Å². The van der Waals surface area contributed by atoms with Gasteiger partial charge in [0, 0.05) is 23.7 Å². The lowest BCUT2D eigenvalue weighted by molar-refractivity contribution is -0.142. The van der Waals surface area contributed by atoms with E-state index in [1.807, 2.05) is 55.5 Å². The highest BCUT2D eigenvalue weighted by atomic mass is 16.4. The third-order valence-electron chi connectivity index (χ3n) is 5.55. The number of allylic oxidation sites excluding steroid dienone is 1. The van der Waals surface area contributed by atoms with E-state index in [1.165, 1.54) is 0 Å². The van der Waals surface area contributed by atoms with Crippen LogP contribution in [0.15, 0.2) is 70.5 Å². The van der Waals surface area contributed by atoms with Crippen LogP contribution < -0.4 is 0 Å². The Hall–Kier alpha value is -3.52. The maximum absolute atomic E-state index is 11.9. The van der Waals surface area contributed by atoms with Crippen LogP contribution in [0.5, 0.6) is 0 Å². The Morgan fingerprint density at radius 1 is 1.21 bits per heavy atom. The van der Waals surface area contributed by atoms with Crippen LogP contribution in [0.1, 0.15) is 24.8 Å². The SMILES string of the molecule is CCC1=C(C#N)C(c2ccc(-c3cccc4ccoc34)cc2)C(C(=O)O)N1C. The van der Waals surface area contributed by atoms with Gasteiger partial charge in [-0.1, -0.05) is 49.4 Å². The molecule has 4 rings (SSSR count). The van der Waals surface area contributed by atoms with Gasteiger partial charge in [0.25, 0.3) is 0 Å². The highest BCUT2D eigenvalue weighted by Gasteiger charge is 2.43. The van der Waals surface area contributed by atoms with Crippen LogP contribution in [0.2, 0.25) is 0 Å². The second-order valence-corrected chi connectivity index (χ2v) is 6.96. The van der Waals surface area contributed by atoms with Crippen LogP contribution >= 0.6 is 0 Å². The predicted octanol–water partition coefficient (Wildman–Crippen LogP) is 4.77. The fourth-order valence-electron chi connectivity index (χ4n) is 4.24. The van der Waals surface area contributed by atoms with Crippen LogP contribution in [0, 0.1) is 11.3 Å². The van der Waals surface area contributed by atoms with E-state index in [9.17, 15) is 15.2 Å². The van der Waals surface area contributed by atoms with Crippen molar-refractivity contribution in [3.63, 3.8) is 0 Å². The summed E-state index contributed by atoms with van der Waals surface area (Å²) in [5.41, 5.74) is 4.96. The van der Waals surface area contributed by atoms with Gasteiger partial charge < -0.3 is 14.4 Å². The summed E-state index contributed by atoms with van der Waals surface area (Å²) < 4.78 is 5.62. The summed E-state index contributed by atoms with van der Waals surface area (Å²) in [4.78, 5) is 13.7. The summed E-state index contributed by atoms with van der Waals surface area (Å²) in [5, 5.41) is 20.5. The minimum atomic E-state index is -0.923. The lowest BCUT2D eigenvalue weighted by Crippen LogP contribution is -2.37. The molecule has 0 amide bonds. The average Bonchev–Trinajstić information content (AvgIpc) is 3.29. The van der Waals surface area contributed by atoms with E-state index >= 15 is 0 Å². The second kappa shape index (κ2) is 6.90. The highest BCUT2D eigenvalue weighted by Crippen LogP contribution is 2.42. The van der Waals surface area contributed by atoms with E-state index in [4.69, 9.17) is 4.42 Å². The summed E-state index contributed by atoms with van der Waals surface area (Å²) in [6, 6.07) is 17.2. The van der Waals surface area contributed by atoms with Gasteiger partial charge in [-0.15, -0.1) is 0 Å². The topological polar surface area (TPSA) is 77.5 Å². The monoisotopic (exact) mass is 372 g/mol. The van der Waals surface area contributed by atoms with Crippen LogP contribution in [-0.4, -0.2) is 29.1 Å². The smallest absolute Gasteiger partial charge is 0.327 e. The molecular weight excluding hydrogens is 352 g/mol. The van der Waals surface area contributed by atoms with Gasteiger partial charge in [-0.2, -0.15) is 5.26 Å². The number of carboxylic acids is 1. The Morgan fingerprint density at radius 2 is 1.96 bits per heavy atom. The summed E-state index contributed by atoms with van der Waals surface area (Å²) in [6.07, 6.45) is 2.29. The van der Waals surface area contributed by atoms with Crippen LogP contribution in [0.3, 0.4) is 0 Å². The van der Waals surface area contributed by atoms with E-state index in [1.54, 1.807) is 18.2 Å². The van der Waals surface area contributed by atoms with E-state index < -0.39 is 17.9 Å². The van der Waals surface area contributed by atoms with Crippen LogP contribution in [0.25, 0.3) is 22.1 Å². The molecule has 3 aromatic rings. The summed E-state index contributed by atoms with van der Waals surface area (Å²) >= 11 is 0. The number of aliphatic carboxylic acids is 1.